The van der Waals surface area contributed by atoms with Crippen LogP contribution in [0.5, 0.6) is 0 Å². The Morgan fingerprint density at radius 1 is 1.35 bits per heavy atom. The Hall–Kier alpha value is -0.640. The highest BCUT2D eigenvalue weighted by atomic mass is 79.9. The van der Waals surface area contributed by atoms with E-state index in [1.165, 1.54) is 10.4 Å². The molecule has 0 spiro atoms. The number of hydrogen-bond donors (Lipinski definition) is 1. The van der Waals surface area contributed by atoms with Gasteiger partial charge in [-0.1, -0.05) is 24.3 Å². The molecule has 2 aromatic rings. The van der Waals surface area contributed by atoms with Crippen LogP contribution in [-0.4, -0.2) is 5.11 Å². The van der Waals surface area contributed by atoms with E-state index < -0.39 is 5.60 Å². The normalized spacial score (nSPS) is 22.7. The standard InChI is InChI=1S/C14H13BrOS/c15-11-7-12(17-9-11)8-14(16)6-5-10-3-1-2-4-13(10)14/h1-4,7,9,16H,5-6,8H2. The van der Waals surface area contributed by atoms with Crippen LogP contribution in [0.25, 0.3) is 0 Å². The van der Waals surface area contributed by atoms with Gasteiger partial charge in [-0.15, -0.1) is 11.3 Å². The summed E-state index contributed by atoms with van der Waals surface area (Å²) in [6.45, 7) is 0. The van der Waals surface area contributed by atoms with Crippen LogP contribution in [0, 0.1) is 0 Å². The van der Waals surface area contributed by atoms with Crippen molar-refractivity contribution in [3.8, 4) is 0 Å². The molecule has 1 unspecified atom stereocenters. The van der Waals surface area contributed by atoms with Crippen LogP contribution < -0.4 is 0 Å². The van der Waals surface area contributed by atoms with E-state index in [1.54, 1.807) is 11.3 Å². The Bertz CT molecular complexity index is 549. The zero-order valence-electron chi connectivity index (χ0n) is 9.32. The van der Waals surface area contributed by atoms with Gasteiger partial charge in [-0.3, -0.25) is 0 Å². The summed E-state index contributed by atoms with van der Waals surface area (Å²) in [5.41, 5.74) is 1.75. The smallest absolute Gasteiger partial charge is 0.0950 e. The number of thiophene rings is 1. The van der Waals surface area contributed by atoms with Crippen molar-refractivity contribution in [2.45, 2.75) is 24.9 Å². The van der Waals surface area contributed by atoms with Gasteiger partial charge in [0, 0.05) is 21.2 Å². The third-order valence-electron chi connectivity index (χ3n) is 3.42. The zero-order valence-corrected chi connectivity index (χ0v) is 11.7. The Balaban J connectivity index is 1.93. The Morgan fingerprint density at radius 3 is 2.94 bits per heavy atom. The van der Waals surface area contributed by atoms with E-state index in [1.807, 2.05) is 12.1 Å². The molecule has 88 valence electrons. The molecular formula is C14H13BrOS. The van der Waals surface area contributed by atoms with E-state index >= 15 is 0 Å². The average Bonchev–Trinajstić information content (AvgIpc) is 2.86. The number of aliphatic hydroxyl groups is 1. The summed E-state index contributed by atoms with van der Waals surface area (Å²) in [4.78, 5) is 1.23. The van der Waals surface area contributed by atoms with Gasteiger partial charge < -0.3 is 5.11 Å². The monoisotopic (exact) mass is 308 g/mol. The minimum Gasteiger partial charge on any atom is -0.385 e. The van der Waals surface area contributed by atoms with E-state index in [2.05, 4.69) is 39.5 Å². The molecule has 0 aliphatic heterocycles. The third-order valence-corrected chi connectivity index (χ3v) is 5.11. The highest BCUT2D eigenvalue weighted by molar-refractivity contribution is 9.10. The first-order chi connectivity index (χ1) is 8.17. The van der Waals surface area contributed by atoms with Crippen molar-refractivity contribution in [3.63, 3.8) is 0 Å². The molecule has 1 aliphatic carbocycles. The van der Waals surface area contributed by atoms with E-state index in [0.717, 1.165) is 29.3 Å². The van der Waals surface area contributed by atoms with Gasteiger partial charge in [-0.25, -0.2) is 0 Å². The Kier molecular flexibility index (Phi) is 2.85. The van der Waals surface area contributed by atoms with Crippen molar-refractivity contribution in [2.75, 3.05) is 0 Å². The molecule has 1 aliphatic rings. The minimum absolute atomic E-state index is 0.666. The van der Waals surface area contributed by atoms with Crippen LogP contribution in [0.2, 0.25) is 0 Å². The van der Waals surface area contributed by atoms with Crippen LogP contribution in [0.4, 0.5) is 0 Å². The molecular weight excluding hydrogens is 296 g/mol. The minimum atomic E-state index is -0.666. The second-order valence-corrected chi connectivity index (χ2v) is 6.51. The molecule has 3 heteroatoms. The molecule has 0 amide bonds. The Morgan fingerprint density at radius 2 is 2.18 bits per heavy atom. The first-order valence-electron chi connectivity index (χ1n) is 5.71. The van der Waals surface area contributed by atoms with E-state index in [9.17, 15) is 5.11 Å². The van der Waals surface area contributed by atoms with Crippen molar-refractivity contribution >= 4 is 27.3 Å². The van der Waals surface area contributed by atoms with E-state index in [4.69, 9.17) is 0 Å². The van der Waals surface area contributed by atoms with Gasteiger partial charge in [0.2, 0.25) is 0 Å². The summed E-state index contributed by atoms with van der Waals surface area (Å²) in [6.07, 6.45) is 2.54. The fourth-order valence-electron chi connectivity index (χ4n) is 2.59. The molecule has 1 N–H and O–H groups in total. The maximum Gasteiger partial charge on any atom is 0.0950 e. The third kappa shape index (κ3) is 2.07. The molecule has 0 saturated heterocycles. The van der Waals surface area contributed by atoms with Gasteiger partial charge in [-0.05, 0) is 46.0 Å². The molecule has 1 aromatic carbocycles. The molecule has 0 radical (unpaired) electrons. The highest BCUT2D eigenvalue weighted by Gasteiger charge is 2.36. The van der Waals surface area contributed by atoms with Crippen LogP contribution >= 0.6 is 27.3 Å². The van der Waals surface area contributed by atoms with Gasteiger partial charge in [-0.2, -0.15) is 0 Å². The molecule has 1 nitrogen and oxygen atoms in total. The van der Waals surface area contributed by atoms with Crippen molar-refractivity contribution in [2.24, 2.45) is 0 Å². The summed E-state index contributed by atoms with van der Waals surface area (Å²) in [7, 11) is 0. The maximum absolute atomic E-state index is 10.8. The SMILES string of the molecule is OC1(Cc2cc(Br)cs2)CCc2ccccc21. The van der Waals surface area contributed by atoms with Gasteiger partial charge in [0.1, 0.15) is 0 Å². The maximum atomic E-state index is 10.8. The first kappa shape index (κ1) is 11.5. The fourth-order valence-corrected chi connectivity index (χ4v) is 4.14. The molecule has 3 rings (SSSR count). The highest BCUT2D eigenvalue weighted by Crippen LogP contribution is 2.40. The molecule has 1 atom stereocenters. The van der Waals surface area contributed by atoms with Gasteiger partial charge in [0.25, 0.3) is 0 Å². The Labute approximate surface area is 113 Å². The molecule has 17 heavy (non-hydrogen) atoms. The van der Waals surface area contributed by atoms with E-state index in [-0.39, 0.29) is 0 Å². The lowest BCUT2D eigenvalue weighted by Crippen LogP contribution is -2.24. The summed E-state index contributed by atoms with van der Waals surface area (Å²) in [5, 5.41) is 12.9. The second-order valence-electron chi connectivity index (χ2n) is 4.60. The van der Waals surface area contributed by atoms with Crippen LogP contribution in [-0.2, 0) is 18.4 Å². The van der Waals surface area contributed by atoms with Crippen LogP contribution in [0.1, 0.15) is 22.4 Å². The summed E-state index contributed by atoms with van der Waals surface area (Å²) in [5.74, 6) is 0. The quantitative estimate of drug-likeness (QED) is 0.892. The lowest BCUT2D eigenvalue weighted by molar-refractivity contribution is 0.0398. The summed E-state index contributed by atoms with van der Waals surface area (Å²) < 4.78 is 1.10. The van der Waals surface area contributed by atoms with Crippen molar-refractivity contribution in [3.05, 3.63) is 56.2 Å². The fraction of sp³-hybridized carbons (Fsp3) is 0.286. The number of rotatable bonds is 2. The number of fused-ring (bicyclic) bond motifs is 1. The molecule has 0 fully saturated rings. The zero-order chi connectivity index (χ0) is 11.9. The van der Waals surface area contributed by atoms with Crippen molar-refractivity contribution in [1.82, 2.24) is 0 Å². The predicted octanol–water partition coefficient (Wildman–Crippen LogP) is 3.89. The molecule has 0 saturated carbocycles. The lowest BCUT2D eigenvalue weighted by Gasteiger charge is -2.23. The van der Waals surface area contributed by atoms with Gasteiger partial charge in [0.05, 0.1) is 5.60 Å². The van der Waals surface area contributed by atoms with Gasteiger partial charge in [0.15, 0.2) is 0 Å². The topological polar surface area (TPSA) is 20.2 Å². The first-order valence-corrected chi connectivity index (χ1v) is 7.38. The van der Waals surface area contributed by atoms with E-state index in [0.29, 0.717) is 0 Å². The number of halogens is 1. The summed E-state index contributed by atoms with van der Waals surface area (Å²) >= 11 is 5.16. The molecule has 1 heterocycles. The van der Waals surface area contributed by atoms with Gasteiger partial charge >= 0.3 is 0 Å². The molecule has 1 aromatic heterocycles. The van der Waals surface area contributed by atoms with Crippen LogP contribution in [0.3, 0.4) is 0 Å². The largest absolute Gasteiger partial charge is 0.385 e. The van der Waals surface area contributed by atoms with Crippen molar-refractivity contribution in [1.29, 1.82) is 0 Å². The molecule has 0 bridgehead atoms. The van der Waals surface area contributed by atoms with Crippen molar-refractivity contribution < 1.29 is 5.11 Å². The number of aryl methyl sites for hydroxylation is 1. The number of benzene rings is 1. The van der Waals surface area contributed by atoms with Crippen LogP contribution in [0.15, 0.2) is 40.2 Å². The average molecular weight is 309 g/mol. The predicted molar refractivity (Wildman–Crippen MR) is 74.4 cm³/mol. The second kappa shape index (κ2) is 4.23. The lowest BCUT2D eigenvalue weighted by atomic mass is 9.92. The summed E-state index contributed by atoms with van der Waals surface area (Å²) in [6, 6.07) is 10.3. The number of hydrogen-bond acceptors (Lipinski definition) is 2.